The molecule has 1 heterocycles. The SMILES string of the molecule is CC(N)(C(=O)NCCCNC(=O)c1cccs1)c1ccccc1.Cl. The molecular formula is C17H22ClN3O2S. The molecule has 0 aliphatic carbocycles. The fourth-order valence-electron chi connectivity index (χ4n) is 2.09. The first-order valence-electron chi connectivity index (χ1n) is 7.46. The molecule has 0 saturated carbocycles. The first-order valence-corrected chi connectivity index (χ1v) is 8.34. The lowest BCUT2D eigenvalue weighted by Gasteiger charge is -2.24. The van der Waals surface area contributed by atoms with Crippen LogP contribution in [0.25, 0.3) is 0 Å². The van der Waals surface area contributed by atoms with Crippen LogP contribution in [0.15, 0.2) is 47.8 Å². The Morgan fingerprint density at radius 3 is 2.38 bits per heavy atom. The number of hydrogen-bond donors (Lipinski definition) is 3. The molecular weight excluding hydrogens is 346 g/mol. The minimum absolute atomic E-state index is 0. The third-order valence-corrected chi connectivity index (χ3v) is 4.38. The second-order valence-electron chi connectivity index (χ2n) is 5.41. The van der Waals surface area contributed by atoms with Gasteiger partial charge in [-0.2, -0.15) is 0 Å². The Balaban J connectivity index is 0.00000288. The average Bonchev–Trinajstić information content (AvgIpc) is 3.09. The van der Waals surface area contributed by atoms with Crippen molar-refractivity contribution in [3.05, 3.63) is 58.3 Å². The molecule has 2 rings (SSSR count). The maximum Gasteiger partial charge on any atom is 0.261 e. The van der Waals surface area contributed by atoms with E-state index >= 15 is 0 Å². The zero-order valence-corrected chi connectivity index (χ0v) is 15.1. The van der Waals surface area contributed by atoms with E-state index in [9.17, 15) is 9.59 Å². The number of nitrogens with two attached hydrogens (primary N) is 1. The number of amides is 2. The lowest BCUT2D eigenvalue weighted by molar-refractivity contribution is -0.126. The maximum atomic E-state index is 12.2. The number of thiophene rings is 1. The van der Waals surface area contributed by atoms with Crippen molar-refractivity contribution in [3.8, 4) is 0 Å². The van der Waals surface area contributed by atoms with E-state index in [0.29, 0.717) is 24.4 Å². The van der Waals surface area contributed by atoms with Gasteiger partial charge in [-0.05, 0) is 30.4 Å². The van der Waals surface area contributed by atoms with Gasteiger partial charge in [0, 0.05) is 13.1 Å². The maximum absolute atomic E-state index is 12.2. The number of carbonyl (C=O) groups is 2. The summed E-state index contributed by atoms with van der Waals surface area (Å²) in [4.78, 5) is 24.7. The summed E-state index contributed by atoms with van der Waals surface area (Å²) in [6.45, 7) is 2.66. The minimum atomic E-state index is -1.07. The highest BCUT2D eigenvalue weighted by Crippen LogP contribution is 2.17. The Bertz CT molecular complexity index is 645. The Labute approximate surface area is 152 Å². The highest BCUT2D eigenvalue weighted by atomic mass is 35.5. The number of benzene rings is 1. The molecule has 130 valence electrons. The Hall–Kier alpha value is -1.89. The summed E-state index contributed by atoms with van der Waals surface area (Å²) in [6.07, 6.45) is 0.647. The minimum Gasteiger partial charge on any atom is -0.354 e. The standard InChI is InChI=1S/C17H21N3O2S.ClH/c1-17(18,13-7-3-2-4-8-13)16(22)20-11-6-10-19-15(21)14-9-5-12-23-14;/h2-5,7-9,12H,6,10-11,18H2,1H3,(H,19,21)(H,20,22);1H. The van der Waals surface area contributed by atoms with Gasteiger partial charge in [-0.15, -0.1) is 23.7 Å². The van der Waals surface area contributed by atoms with Gasteiger partial charge in [-0.25, -0.2) is 0 Å². The number of nitrogens with one attached hydrogen (secondary N) is 2. The molecule has 7 heteroatoms. The third-order valence-electron chi connectivity index (χ3n) is 3.51. The van der Waals surface area contributed by atoms with Gasteiger partial charge in [0.1, 0.15) is 5.54 Å². The fraction of sp³-hybridized carbons (Fsp3) is 0.294. The van der Waals surface area contributed by atoms with Crippen molar-refractivity contribution in [1.82, 2.24) is 10.6 Å². The Kier molecular flexibility index (Phi) is 7.91. The van der Waals surface area contributed by atoms with E-state index in [-0.39, 0.29) is 24.2 Å². The van der Waals surface area contributed by atoms with Crippen LogP contribution in [0, 0.1) is 0 Å². The van der Waals surface area contributed by atoms with Crippen molar-refractivity contribution < 1.29 is 9.59 Å². The van der Waals surface area contributed by atoms with Crippen molar-refractivity contribution in [2.75, 3.05) is 13.1 Å². The van der Waals surface area contributed by atoms with E-state index in [1.165, 1.54) is 11.3 Å². The first-order chi connectivity index (χ1) is 11.0. The van der Waals surface area contributed by atoms with Crippen LogP contribution in [0.2, 0.25) is 0 Å². The summed E-state index contributed by atoms with van der Waals surface area (Å²) >= 11 is 1.40. The lowest BCUT2D eigenvalue weighted by atomic mass is 9.92. The molecule has 24 heavy (non-hydrogen) atoms. The molecule has 1 aromatic heterocycles. The molecule has 5 nitrogen and oxygen atoms in total. The van der Waals surface area contributed by atoms with Crippen LogP contribution in [0.3, 0.4) is 0 Å². The van der Waals surface area contributed by atoms with E-state index < -0.39 is 5.54 Å². The van der Waals surface area contributed by atoms with Crippen molar-refractivity contribution in [1.29, 1.82) is 0 Å². The van der Waals surface area contributed by atoms with Gasteiger partial charge in [0.15, 0.2) is 0 Å². The van der Waals surface area contributed by atoms with Crippen molar-refractivity contribution in [2.24, 2.45) is 5.73 Å². The largest absolute Gasteiger partial charge is 0.354 e. The van der Waals surface area contributed by atoms with Gasteiger partial charge < -0.3 is 16.4 Å². The summed E-state index contributed by atoms with van der Waals surface area (Å²) in [5.41, 5.74) is 5.83. The van der Waals surface area contributed by atoms with Crippen LogP contribution in [-0.4, -0.2) is 24.9 Å². The molecule has 0 aliphatic rings. The van der Waals surface area contributed by atoms with Crippen LogP contribution in [0.4, 0.5) is 0 Å². The number of halogens is 1. The number of rotatable bonds is 7. The van der Waals surface area contributed by atoms with Crippen LogP contribution in [-0.2, 0) is 10.3 Å². The Morgan fingerprint density at radius 1 is 1.08 bits per heavy atom. The van der Waals surface area contributed by atoms with E-state index in [2.05, 4.69) is 10.6 Å². The van der Waals surface area contributed by atoms with Crippen LogP contribution < -0.4 is 16.4 Å². The van der Waals surface area contributed by atoms with Crippen LogP contribution >= 0.6 is 23.7 Å². The van der Waals surface area contributed by atoms with Gasteiger partial charge in [-0.3, -0.25) is 9.59 Å². The zero-order valence-electron chi connectivity index (χ0n) is 13.5. The predicted molar refractivity (Wildman–Crippen MR) is 99.5 cm³/mol. The summed E-state index contributed by atoms with van der Waals surface area (Å²) in [6, 6.07) is 12.9. The smallest absolute Gasteiger partial charge is 0.261 e. The summed E-state index contributed by atoms with van der Waals surface area (Å²) in [5.74, 6) is -0.312. The van der Waals surface area contributed by atoms with Crippen LogP contribution in [0.1, 0.15) is 28.6 Å². The summed E-state index contributed by atoms with van der Waals surface area (Å²) < 4.78 is 0. The predicted octanol–water partition coefficient (Wildman–Crippen LogP) is 2.28. The third kappa shape index (κ3) is 5.33. The normalized spacial score (nSPS) is 12.6. The highest BCUT2D eigenvalue weighted by Gasteiger charge is 2.29. The fourth-order valence-corrected chi connectivity index (χ4v) is 2.73. The van der Waals surface area contributed by atoms with Gasteiger partial charge in [0.2, 0.25) is 5.91 Å². The molecule has 2 aromatic rings. The second kappa shape index (κ2) is 9.42. The zero-order chi connectivity index (χ0) is 16.7. The summed E-state index contributed by atoms with van der Waals surface area (Å²) in [7, 11) is 0. The van der Waals surface area contributed by atoms with E-state index in [1.807, 2.05) is 41.8 Å². The molecule has 4 N–H and O–H groups in total. The summed E-state index contributed by atoms with van der Waals surface area (Å²) in [5, 5.41) is 7.50. The first kappa shape index (κ1) is 20.2. The quantitative estimate of drug-likeness (QED) is 0.656. The molecule has 0 saturated heterocycles. The van der Waals surface area contributed by atoms with Crippen molar-refractivity contribution in [3.63, 3.8) is 0 Å². The average molecular weight is 368 g/mol. The molecule has 1 atom stereocenters. The van der Waals surface area contributed by atoms with Gasteiger partial charge in [0.05, 0.1) is 4.88 Å². The lowest BCUT2D eigenvalue weighted by Crippen LogP contribution is -2.49. The molecule has 0 aliphatic heterocycles. The van der Waals surface area contributed by atoms with Crippen molar-refractivity contribution >= 4 is 35.6 Å². The van der Waals surface area contributed by atoms with Gasteiger partial charge in [0.25, 0.3) is 5.91 Å². The topological polar surface area (TPSA) is 84.2 Å². The molecule has 1 unspecified atom stereocenters. The molecule has 0 radical (unpaired) electrons. The molecule has 1 aromatic carbocycles. The number of hydrogen-bond acceptors (Lipinski definition) is 4. The second-order valence-corrected chi connectivity index (χ2v) is 6.36. The van der Waals surface area contributed by atoms with E-state index in [1.54, 1.807) is 13.0 Å². The van der Waals surface area contributed by atoms with E-state index in [0.717, 1.165) is 5.56 Å². The molecule has 0 bridgehead atoms. The van der Waals surface area contributed by atoms with Crippen molar-refractivity contribution in [2.45, 2.75) is 18.9 Å². The van der Waals surface area contributed by atoms with Crippen LogP contribution in [0.5, 0.6) is 0 Å². The Morgan fingerprint density at radius 2 is 1.75 bits per heavy atom. The molecule has 2 amide bonds. The van der Waals surface area contributed by atoms with Gasteiger partial charge in [-0.1, -0.05) is 36.4 Å². The highest BCUT2D eigenvalue weighted by molar-refractivity contribution is 7.12. The molecule has 0 spiro atoms. The monoisotopic (exact) mass is 367 g/mol. The van der Waals surface area contributed by atoms with Gasteiger partial charge >= 0.3 is 0 Å². The van der Waals surface area contributed by atoms with E-state index in [4.69, 9.17) is 5.73 Å². The molecule has 0 fully saturated rings. The number of carbonyl (C=O) groups excluding carboxylic acids is 2.